The summed E-state index contributed by atoms with van der Waals surface area (Å²) in [7, 11) is 4.76. The van der Waals surface area contributed by atoms with Crippen molar-refractivity contribution in [2.24, 2.45) is 0 Å². The van der Waals surface area contributed by atoms with Crippen LogP contribution in [0.15, 0.2) is 47.4 Å². The zero-order valence-corrected chi connectivity index (χ0v) is 17.0. The lowest BCUT2D eigenvalue weighted by Crippen LogP contribution is -2.29. The molecule has 2 aliphatic heterocycles. The van der Waals surface area contributed by atoms with Gasteiger partial charge in [0.1, 0.15) is 11.5 Å². The summed E-state index contributed by atoms with van der Waals surface area (Å²) in [5, 5.41) is 0. The molecule has 0 aromatic heterocycles. The Balaban J connectivity index is 1.86. The average Bonchev–Trinajstić information content (AvgIpc) is 3.14. The first-order chi connectivity index (χ1) is 13.5. The number of rotatable bonds is 3. The third-order valence-corrected chi connectivity index (χ3v) is 6.05. The van der Waals surface area contributed by atoms with Crippen molar-refractivity contribution in [3.05, 3.63) is 52.9 Å². The number of hydrogen-bond acceptors (Lipinski definition) is 6. The molecule has 1 fully saturated rings. The molecular formula is C20H16N2O4S2. The number of nitrogens with zero attached hydrogens (tertiary/aromatic N) is 2. The Labute approximate surface area is 171 Å². The molecule has 0 N–H and O–H groups in total. The van der Waals surface area contributed by atoms with Crippen molar-refractivity contribution in [2.75, 3.05) is 31.1 Å². The second-order valence-electron chi connectivity index (χ2n) is 6.13. The predicted octanol–water partition coefficient (Wildman–Crippen LogP) is 3.46. The number of benzene rings is 2. The molecule has 2 aromatic carbocycles. The van der Waals surface area contributed by atoms with Crippen LogP contribution >= 0.6 is 24.0 Å². The normalized spacial score (nSPS) is 18.8. The lowest BCUT2D eigenvalue weighted by molar-refractivity contribution is -0.115. The highest BCUT2D eigenvalue weighted by Gasteiger charge is 2.42. The van der Waals surface area contributed by atoms with Gasteiger partial charge < -0.3 is 14.4 Å². The largest absolute Gasteiger partial charge is 0.497 e. The second kappa shape index (κ2) is 6.96. The molecule has 4 rings (SSSR count). The first kappa shape index (κ1) is 18.5. The minimum atomic E-state index is -0.352. The minimum Gasteiger partial charge on any atom is -0.497 e. The van der Waals surface area contributed by atoms with E-state index < -0.39 is 0 Å². The molecule has 28 heavy (non-hydrogen) atoms. The molecule has 0 saturated carbocycles. The molecule has 2 amide bonds. The number of amides is 2. The number of fused-ring (bicyclic) bond motifs is 1. The zero-order chi connectivity index (χ0) is 20.0. The SMILES string of the molecule is COc1ccc(OC)c(N2C(=O)/C(=C3/C(=O)N(C)c4ccccc43)SC2=S)c1. The standard InChI is InChI=1S/C20H16N2O4S2/c1-21-13-7-5-4-6-12(13)16(18(21)23)17-19(24)22(20(27)28-17)14-10-11(25-2)8-9-15(14)26-3/h4-10H,1-3H3/b17-16-. The third-order valence-electron chi connectivity index (χ3n) is 4.68. The van der Waals surface area contributed by atoms with Gasteiger partial charge in [-0.05, 0) is 18.2 Å². The Morgan fingerprint density at radius 2 is 1.71 bits per heavy atom. The number of methoxy groups -OCH3 is 2. The van der Waals surface area contributed by atoms with E-state index in [-0.39, 0.29) is 11.8 Å². The molecule has 0 aliphatic carbocycles. The first-order valence-corrected chi connectivity index (χ1v) is 9.60. The van der Waals surface area contributed by atoms with Crippen LogP contribution in [0.25, 0.3) is 5.57 Å². The van der Waals surface area contributed by atoms with Crippen molar-refractivity contribution in [3.63, 3.8) is 0 Å². The lowest BCUT2D eigenvalue weighted by Gasteiger charge is -2.18. The van der Waals surface area contributed by atoms with Crippen LogP contribution in [-0.4, -0.2) is 37.4 Å². The van der Waals surface area contributed by atoms with E-state index in [1.807, 2.05) is 24.3 Å². The van der Waals surface area contributed by atoms with Crippen molar-refractivity contribution in [2.45, 2.75) is 0 Å². The zero-order valence-electron chi connectivity index (χ0n) is 15.4. The Morgan fingerprint density at radius 1 is 0.964 bits per heavy atom. The molecule has 2 heterocycles. The number of thiocarbonyl (C=S) groups is 1. The van der Waals surface area contributed by atoms with E-state index in [2.05, 4.69) is 0 Å². The molecule has 142 valence electrons. The molecule has 2 aliphatic rings. The number of carbonyl (C=O) groups excluding carboxylic acids is 2. The number of thioether (sulfide) groups is 1. The number of likely N-dealkylation sites (N-methyl/N-ethyl adjacent to an activating group) is 1. The topological polar surface area (TPSA) is 59.1 Å². The van der Waals surface area contributed by atoms with Gasteiger partial charge in [-0.15, -0.1) is 0 Å². The summed E-state index contributed by atoms with van der Waals surface area (Å²) in [4.78, 5) is 29.4. The smallest absolute Gasteiger partial charge is 0.271 e. The molecule has 0 radical (unpaired) electrons. The fourth-order valence-corrected chi connectivity index (χ4v) is 4.64. The molecule has 1 saturated heterocycles. The Bertz CT molecular complexity index is 1060. The molecule has 2 aromatic rings. The highest BCUT2D eigenvalue weighted by molar-refractivity contribution is 8.27. The maximum Gasteiger partial charge on any atom is 0.271 e. The van der Waals surface area contributed by atoms with Gasteiger partial charge >= 0.3 is 0 Å². The van der Waals surface area contributed by atoms with Gasteiger partial charge in [0.2, 0.25) is 0 Å². The fourth-order valence-electron chi connectivity index (χ4n) is 3.29. The quantitative estimate of drug-likeness (QED) is 0.569. The monoisotopic (exact) mass is 412 g/mol. The second-order valence-corrected chi connectivity index (χ2v) is 7.78. The van der Waals surface area contributed by atoms with Crippen molar-refractivity contribution in [1.29, 1.82) is 0 Å². The summed E-state index contributed by atoms with van der Waals surface area (Å²) < 4.78 is 11.0. The van der Waals surface area contributed by atoms with Crippen LogP contribution in [0.5, 0.6) is 11.5 Å². The van der Waals surface area contributed by atoms with Gasteiger partial charge in [0.15, 0.2) is 4.32 Å². The Kier molecular flexibility index (Phi) is 4.60. The van der Waals surface area contributed by atoms with Gasteiger partial charge in [0.25, 0.3) is 11.8 Å². The Morgan fingerprint density at radius 3 is 2.43 bits per heavy atom. The number of para-hydroxylation sites is 1. The van der Waals surface area contributed by atoms with Crippen molar-refractivity contribution in [3.8, 4) is 11.5 Å². The van der Waals surface area contributed by atoms with E-state index in [4.69, 9.17) is 21.7 Å². The summed E-state index contributed by atoms with van der Waals surface area (Å²) >= 11 is 6.60. The van der Waals surface area contributed by atoms with Crippen molar-refractivity contribution < 1.29 is 19.1 Å². The van der Waals surface area contributed by atoms with E-state index in [1.54, 1.807) is 37.3 Å². The van der Waals surface area contributed by atoms with Crippen LogP contribution in [0.4, 0.5) is 11.4 Å². The van der Waals surface area contributed by atoms with Gasteiger partial charge in [-0.1, -0.05) is 42.2 Å². The van der Waals surface area contributed by atoms with E-state index >= 15 is 0 Å². The summed E-state index contributed by atoms with van der Waals surface area (Å²) in [6.07, 6.45) is 0. The van der Waals surface area contributed by atoms with Crippen molar-refractivity contribution >= 4 is 57.1 Å². The highest BCUT2D eigenvalue weighted by atomic mass is 32.2. The van der Waals surface area contributed by atoms with E-state index in [0.717, 1.165) is 23.0 Å². The van der Waals surface area contributed by atoms with Crippen LogP contribution in [0, 0.1) is 0 Å². The van der Waals surface area contributed by atoms with Gasteiger partial charge in [-0.25, -0.2) is 0 Å². The lowest BCUT2D eigenvalue weighted by atomic mass is 10.1. The highest BCUT2D eigenvalue weighted by Crippen LogP contribution is 2.46. The summed E-state index contributed by atoms with van der Waals surface area (Å²) in [5.74, 6) is 0.479. The minimum absolute atomic E-state index is 0.223. The molecule has 6 nitrogen and oxygen atoms in total. The fraction of sp³-hybridized carbons (Fsp3) is 0.150. The van der Waals surface area contributed by atoms with Crippen molar-refractivity contribution in [1.82, 2.24) is 0 Å². The van der Waals surface area contributed by atoms with Crippen LogP contribution in [0.2, 0.25) is 0 Å². The van der Waals surface area contributed by atoms with E-state index in [0.29, 0.717) is 32.0 Å². The average molecular weight is 412 g/mol. The molecule has 0 atom stereocenters. The predicted molar refractivity (Wildman–Crippen MR) is 114 cm³/mol. The molecule has 8 heteroatoms. The Hall–Kier alpha value is -2.84. The van der Waals surface area contributed by atoms with Gasteiger partial charge in [-0.3, -0.25) is 14.5 Å². The van der Waals surface area contributed by atoms with E-state index in [1.165, 1.54) is 12.0 Å². The molecular weight excluding hydrogens is 396 g/mol. The van der Waals surface area contributed by atoms with Crippen LogP contribution < -0.4 is 19.3 Å². The van der Waals surface area contributed by atoms with Gasteiger partial charge in [0.05, 0.1) is 36.1 Å². The van der Waals surface area contributed by atoms with Gasteiger partial charge in [0, 0.05) is 18.7 Å². The van der Waals surface area contributed by atoms with Gasteiger partial charge in [-0.2, -0.15) is 0 Å². The number of anilines is 2. The summed E-state index contributed by atoms with van der Waals surface area (Å²) in [5.41, 5.74) is 2.35. The maximum atomic E-state index is 13.3. The van der Waals surface area contributed by atoms with Crippen LogP contribution in [-0.2, 0) is 9.59 Å². The first-order valence-electron chi connectivity index (χ1n) is 8.38. The van der Waals surface area contributed by atoms with Crippen LogP contribution in [0.3, 0.4) is 0 Å². The van der Waals surface area contributed by atoms with Crippen LogP contribution in [0.1, 0.15) is 5.56 Å². The molecule has 0 spiro atoms. The van der Waals surface area contributed by atoms with E-state index in [9.17, 15) is 9.59 Å². The maximum absolute atomic E-state index is 13.3. The number of carbonyl (C=O) groups is 2. The number of hydrogen-bond donors (Lipinski definition) is 0. The molecule has 0 bridgehead atoms. The molecule has 0 unspecified atom stereocenters. The third kappa shape index (κ3) is 2.68. The summed E-state index contributed by atoms with van der Waals surface area (Å²) in [6, 6.07) is 12.5. The number of ether oxygens (including phenoxy) is 2. The summed E-state index contributed by atoms with van der Waals surface area (Å²) in [6.45, 7) is 0.